The number of carbonyl (C=O) groups is 2. The molecule has 1 saturated heterocycles. The van der Waals surface area contributed by atoms with Gasteiger partial charge in [-0.05, 0) is 52.4 Å². The van der Waals surface area contributed by atoms with Crippen molar-refractivity contribution in [2.24, 2.45) is 18.9 Å². The van der Waals surface area contributed by atoms with Crippen LogP contribution in [0.4, 0.5) is 10.7 Å². The molecule has 1 aromatic heterocycles. The van der Waals surface area contributed by atoms with Crippen LogP contribution in [-0.4, -0.2) is 50.4 Å². The molecule has 1 saturated carbocycles. The molecule has 2 heterocycles. The Bertz CT molecular complexity index is 697. The Morgan fingerprint density at radius 3 is 2.37 bits per heavy atom. The van der Waals surface area contributed by atoms with E-state index in [2.05, 4.69) is 15.4 Å². The quantitative estimate of drug-likeness (QED) is 0.871. The van der Waals surface area contributed by atoms with Gasteiger partial charge in [0.25, 0.3) is 0 Å². The van der Waals surface area contributed by atoms with Gasteiger partial charge in [0.2, 0.25) is 11.9 Å². The molecule has 1 aliphatic carbocycles. The second-order valence-corrected chi connectivity index (χ2v) is 8.77. The minimum absolute atomic E-state index is 0.0132. The van der Waals surface area contributed by atoms with Crippen molar-refractivity contribution in [3.05, 3.63) is 5.82 Å². The number of likely N-dealkylation sites (tertiary alicyclic amines) is 1. The maximum absolute atomic E-state index is 12.3. The monoisotopic (exact) mass is 377 g/mol. The number of aromatic nitrogens is 3. The summed E-state index contributed by atoms with van der Waals surface area (Å²) in [5, 5.41) is 7.40. The summed E-state index contributed by atoms with van der Waals surface area (Å²) in [7, 11) is 1.80. The maximum Gasteiger partial charge on any atom is 0.410 e. The zero-order chi connectivity index (χ0) is 19.8. The molecule has 8 heteroatoms. The van der Waals surface area contributed by atoms with E-state index in [1.165, 1.54) is 0 Å². The van der Waals surface area contributed by atoms with Crippen LogP contribution in [0.25, 0.3) is 0 Å². The van der Waals surface area contributed by atoms with Crippen molar-refractivity contribution in [2.75, 3.05) is 18.4 Å². The molecule has 1 unspecified atom stereocenters. The van der Waals surface area contributed by atoms with E-state index in [1.54, 1.807) is 16.6 Å². The van der Waals surface area contributed by atoms with Gasteiger partial charge >= 0.3 is 6.09 Å². The van der Waals surface area contributed by atoms with E-state index >= 15 is 0 Å². The first-order chi connectivity index (χ1) is 12.6. The van der Waals surface area contributed by atoms with E-state index in [-0.39, 0.29) is 23.8 Å². The molecule has 0 spiro atoms. The van der Waals surface area contributed by atoms with Crippen molar-refractivity contribution in [2.45, 2.75) is 64.9 Å². The van der Waals surface area contributed by atoms with E-state index in [4.69, 9.17) is 4.74 Å². The minimum Gasteiger partial charge on any atom is -0.444 e. The summed E-state index contributed by atoms with van der Waals surface area (Å²) in [6, 6.07) is 0. The summed E-state index contributed by atoms with van der Waals surface area (Å²) in [6.45, 7) is 8.83. The van der Waals surface area contributed by atoms with Gasteiger partial charge in [-0.3, -0.25) is 10.1 Å². The molecule has 2 amide bonds. The Morgan fingerprint density at radius 2 is 1.81 bits per heavy atom. The number of hydrogen-bond acceptors (Lipinski definition) is 5. The summed E-state index contributed by atoms with van der Waals surface area (Å²) in [5.74, 6) is 1.95. The molecule has 0 aromatic carbocycles. The van der Waals surface area contributed by atoms with Gasteiger partial charge in [0.15, 0.2) is 5.82 Å². The molecule has 1 N–H and O–H groups in total. The van der Waals surface area contributed by atoms with Crippen molar-refractivity contribution >= 4 is 17.9 Å². The number of carbonyl (C=O) groups excluding carboxylic acids is 2. The van der Waals surface area contributed by atoms with Gasteiger partial charge in [0, 0.05) is 32.0 Å². The Labute approximate surface area is 160 Å². The number of piperidine rings is 1. The van der Waals surface area contributed by atoms with Crippen LogP contribution >= 0.6 is 0 Å². The van der Waals surface area contributed by atoms with Crippen LogP contribution in [-0.2, 0) is 16.6 Å². The van der Waals surface area contributed by atoms with Crippen LogP contribution in [0, 0.1) is 11.8 Å². The second kappa shape index (κ2) is 7.48. The van der Waals surface area contributed by atoms with Gasteiger partial charge in [0.1, 0.15) is 5.60 Å². The lowest BCUT2D eigenvalue weighted by atomic mass is 9.96. The fraction of sp³-hybridized carbons (Fsp3) is 0.789. The average Bonchev–Trinajstić information content (AvgIpc) is 3.37. The van der Waals surface area contributed by atoms with Gasteiger partial charge < -0.3 is 9.64 Å². The normalized spacial score (nSPS) is 19.7. The number of hydrogen-bond donors (Lipinski definition) is 1. The zero-order valence-electron chi connectivity index (χ0n) is 17.0. The van der Waals surface area contributed by atoms with Gasteiger partial charge in [0.05, 0.1) is 0 Å². The third-order valence-electron chi connectivity index (χ3n) is 5.27. The summed E-state index contributed by atoms with van der Waals surface area (Å²) in [4.78, 5) is 30.8. The molecule has 2 aliphatic rings. The number of aryl methyl sites for hydroxylation is 1. The van der Waals surface area contributed by atoms with Gasteiger partial charge in [-0.25, -0.2) is 9.48 Å². The van der Waals surface area contributed by atoms with Crippen LogP contribution in [0.15, 0.2) is 0 Å². The van der Waals surface area contributed by atoms with E-state index < -0.39 is 5.60 Å². The first-order valence-corrected chi connectivity index (χ1v) is 9.84. The van der Waals surface area contributed by atoms with Crippen LogP contribution in [0.1, 0.15) is 65.1 Å². The summed E-state index contributed by atoms with van der Waals surface area (Å²) in [6.07, 6.45) is 3.57. The predicted octanol–water partition coefficient (Wildman–Crippen LogP) is 2.91. The highest BCUT2D eigenvalue weighted by atomic mass is 16.6. The lowest BCUT2D eigenvalue weighted by Gasteiger charge is -2.32. The Balaban J connectivity index is 1.55. The van der Waals surface area contributed by atoms with Gasteiger partial charge in [-0.2, -0.15) is 10.1 Å². The first kappa shape index (κ1) is 19.6. The molecule has 1 aliphatic heterocycles. The SMILES string of the molecule is CC(C(=O)Nc1nc(C2CCN(C(=O)OC(C)(C)C)CC2)nn1C)C1CC1. The Hall–Kier alpha value is -2.12. The topological polar surface area (TPSA) is 89.3 Å². The molecule has 2 fully saturated rings. The fourth-order valence-electron chi connectivity index (χ4n) is 3.37. The molecule has 1 atom stereocenters. The van der Waals surface area contributed by atoms with Crippen molar-refractivity contribution in [1.82, 2.24) is 19.7 Å². The highest BCUT2D eigenvalue weighted by Crippen LogP contribution is 2.37. The number of anilines is 1. The summed E-state index contributed by atoms with van der Waals surface area (Å²) >= 11 is 0. The molecular formula is C19H31N5O3. The summed E-state index contributed by atoms with van der Waals surface area (Å²) < 4.78 is 7.07. The predicted molar refractivity (Wildman–Crippen MR) is 101 cm³/mol. The van der Waals surface area contributed by atoms with E-state index in [9.17, 15) is 9.59 Å². The number of amides is 2. The maximum atomic E-state index is 12.3. The third-order valence-corrected chi connectivity index (χ3v) is 5.27. The lowest BCUT2D eigenvalue weighted by Crippen LogP contribution is -2.41. The van der Waals surface area contributed by atoms with Gasteiger partial charge in [-0.1, -0.05) is 6.92 Å². The largest absolute Gasteiger partial charge is 0.444 e. The average molecular weight is 377 g/mol. The smallest absolute Gasteiger partial charge is 0.410 e. The summed E-state index contributed by atoms with van der Waals surface area (Å²) in [5.41, 5.74) is -0.485. The standard InChI is InChI=1S/C19H31N5O3/c1-12(13-6-7-13)16(25)21-17-20-15(22-23(17)5)14-8-10-24(11-9-14)18(26)27-19(2,3)4/h12-14H,6-11H2,1-5H3,(H,20,21,22,25). The highest BCUT2D eigenvalue weighted by molar-refractivity contribution is 5.91. The molecule has 150 valence electrons. The van der Waals surface area contributed by atoms with Crippen LogP contribution < -0.4 is 5.32 Å². The first-order valence-electron chi connectivity index (χ1n) is 9.84. The highest BCUT2D eigenvalue weighted by Gasteiger charge is 2.34. The van der Waals surface area contributed by atoms with Crippen LogP contribution in [0.3, 0.4) is 0 Å². The Kier molecular flexibility index (Phi) is 5.44. The molecular weight excluding hydrogens is 346 g/mol. The number of nitrogens with one attached hydrogen (secondary N) is 1. The van der Waals surface area contributed by atoms with Crippen molar-refractivity contribution in [3.8, 4) is 0 Å². The number of nitrogens with zero attached hydrogens (tertiary/aromatic N) is 4. The van der Waals surface area contributed by atoms with Crippen molar-refractivity contribution in [1.29, 1.82) is 0 Å². The van der Waals surface area contributed by atoms with Crippen molar-refractivity contribution in [3.63, 3.8) is 0 Å². The molecule has 8 nitrogen and oxygen atoms in total. The molecule has 0 bridgehead atoms. The lowest BCUT2D eigenvalue weighted by molar-refractivity contribution is -0.120. The van der Waals surface area contributed by atoms with E-state index in [0.717, 1.165) is 31.5 Å². The van der Waals surface area contributed by atoms with Crippen molar-refractivity contribution < 1.29 is 14.3 Å². The molecule has 27 heavy (non-hydrogen) atoms. The molecule has 1 aromatic rings. The number of rotatable bonds is 4. The van der Waals surface area contributed by atoms with Crippen LogP contribution in [0.2, 0.25) is 0 Å². The zero-order valence-corrected chi connectivity index (χ0v) is 17.0. The van der Waals surface area contributed by atoms with Crippen LogP contribution in [0.5, 0.6) is 0 Å². The Morgan fingerprint density at radius 1 is 1.19 bits per heavy atom. The van der Waals surface area contributed by atoms with E-state index in [0.29, 0.717) is 25.0 Å². The molecule has 0 radical (unpaired) electrons. The number of ether oxygens (including phenoxy) is 1. The third kappa shape index (κ3) is 4.99. The second-order valence-electron chi connectivity index (χ2n) is 8.77. The molecule has 3 rings (SSSR count). The van der Waals surface area contributed by atoms with Gasteiger partial charge in [-0.15, -0.1) is 0 Å². The fourth-order valence-corrected chi connectivity index (χ4v) is 3.37. The minimum atomic E-state index is -0.485. The van der Waals surface area contributed by atoms with E-state index in [1.807, 2.05) is 27.7 Å².